The minimum Gasteiger partial charge on any atom is -0.388 e. The summed E-state index contributed by atoms with van der Waals surface area (Å²) in [7, 11) is 0. The number of fused-ring (bicyclic) bond motifs is 1. The first kappa shape index (κ1) is 11.2. The largest absolute Gasteiger partial charge is 0.388 e. The molecule has 5 heteroatoms. The first-order chi connectivity index (χ1) is 7.24. The van der Waals surface area contributed by atoms with Crippen LogP contribution in [-0.2, 0) is 0 Å². The van der Waals surface area contributed by atoms with Crippen LogP contribution in [0.1, 0.15) is 19.8 Å². The molecule has 2 N–H and O–H groups in total. The molecule has 2 rings (SSSR count). The van der Waals surface area contributed by atoms with Crippen molar-refractivity contribution in [3.8, 4) is 0 Å². The van der Waals surface area contributed by atoms with Crippen LogP contribution in [0.5, 0.6) is 0 Å². The average molecular weight is 230 g/mol. The summed E-state index contributed by atoms with van der Waals surface area (Å²) in [4.78, 5) is 6.56. The van der Waals surface area contributed by atoms with E-state index in [2.05, 4.69) is 16.8 Å². The van der Waals surface area contributed by atoms with E-state index in [1.807, 2.05) is 0 Å². The summed E-state index contributed by atoms with van der Waals surface area (Å²) >= 11 is 1.70. The molecule has 2 saturated heterocycles. The Hall–Kier alpha value is -0.260. The molecule has 4 nitrogen and oxygen atoms in total. The zero-order chi connectivity index (χ0) is 10.8. The highest BCUT2D eigenvalue weighted by molar-refractivity contribution is 8.14. The van der Waals surface area contributed by atoms with E-state index in [-0.39, 0.29) is 6.04 Å². The van der Waals surface area contributed by atoms with Crippen molar-refractivity contribution in [1.82, 2.24) is 4.90 Å². The molecule has 0 radical (unpaired) electrons. The summed E-state index contributed by atoms with van der Waals surface area (Å²) in [6.07, 6.45) is 1.05. The normalized spacial score (nSPS) is 37.7. The number of hydrogen-bond acceptors (Lipinski definition) is 4. The Morgan fingerprint density at radius 3 is 3.07 bits per heavy atom. The van der Waals surface area contributed by atoms with Gasteiger partial charge in [0, 0.05) is 18.8 Å². The minimum atomic E-state index is -0.604. The maximum absolute atomic E-state index is 9.70. The molecular weight excluding hydrogens is 212 g/mol. The van der Waals surface area contributed by atoms with E-state index in [9.17, 15) is 10.2 Å². The van der Waals surface area contributed by atoms with Gasteiger partial charge in [0.25, 0.3) is 0 Å². The summed E-state index contributed by atoms with van der Waals surface area (Å²) in [5.41, 5.74) is 0. The van der Waals surface area contributed by atoms with Gasteiger partial charge in [-0.2, -0.15) is 0 Å². The lowest BCUT2D eigenvalue weighted by Gasteiger charge is -2.17. The lowest BCUT2D eigenvalue weighted by atomic mass is 10.2. The van der Waals surface area contributed by atoms with Crippen molar-refractivity contribution in [2.75, 3.05) is 18.8 Å². The molecule has 2 fully saturated rings. The fraction of sp³-hybridized carbons (Fsp3) is 0.900. The number of rotatable bonds is 3. The van der Waals surface area contributed by atoms with Crippen LogP contribution in [-0.4, -0.2) is 57.4 Å². The van der Waals surface area contributed by atoms with Crippen LogP contribution < -0.4 is 0 Å². The van der Waals surface area contributed by atoms with Gasteiger partial charge in [0.2, 0.25) is 0 Å². The highest BCUT2D eigenvalue weighted by Crippen LogP contribution is 2.32. The van der Waals surface area contributed by atoms with E-state index in [1.165, 1.54) is 0 Å². The molecule has 0 spiro atoms. The standard InChI is InChI=1S/C10H18N2O2S/c1-2-3-4-11-10-12-5-8(13)9(14)7(12)6-15-10/h7-9,13-14H,2-6H2,1H3/t7-,8-,9-/m0/s1. The quantitative estimate of drug-likeness (QED) is 0.685. The number of nitrogens with zero attached hydrogens (tertiary/aromatic N) is 2. The maximum Gasteiger partial charge on any atom is 0.159 e. The van der Waals surface area contributed by atoms with Gasteiger partial charge in [-0.3, -0.25) is 4.99 Å². The van der Waals surface area contributed by atoms with Crippen molar-refractivity contribution < 1.29 is 10.2 Å². The van der Waals surface area contributed by atoms with Crippen LogP contribution in [0, 0.1) is 0 Å². The number of aliphatic imine (C=N–C) groups is 1. The number of unbranched alkanes of at least 4 members (excludes halogenated alkanes) is 1. The fourth-order valence-electron chi connectivity index (χ4n) is 2.01. The molecule has 3 atom stereocenters. The van der Waals surface area contributed by atoms with Gasteiger partial charge in [-0.15, -0.1) is 0 Å². The molecule has 0 aromatic carbocycles. The Balaban J connectivity index is 1.97. The van der Waals surface area contributed by atoms with E-state index < -0.39 is 12.2 Å². The molecule has 0 unspecified atom stereocenters. The highest BCUT2D eigenvalue weighted by atomic mass is 32.2. The Kier molecular flexibility index (Phi) is 3.53. The van der Waals surface area contributed by atoms with Crippen molar-refractivity contribution in [1.29, 1.82) is 0 Å². The van der Waals surface area contributed by atoms with Crippen LogP contribution in [0.3, 0.4) is 0 Å². The lowest BCUT2D eigenvalue weighted by Crippen LogP contribution is -2.34. The Bertz CT molecular complexity index is 260. The van der Waals surface area contributed by atoms with Crippen LogP contribution in [0.15, 0.2) is 4.99 Å². The summed E-state index contributed by atoms with van der Waals surface area (Å²) < 4.78 is 0. The number of amidine groups is 1. The smallest absolute Gasteiger partial charge is 0.159 e. The summed E-state index contributed by atoms with van der Waals surface area (Å²) in [6, 6.07) is 0.0744. The molecule has 2 aliphatic rings. The van der Waals surface area contributed by atoms with Crippen molar-refractivity contribution >= 4 is 16.9 Å². The highest BCUT2D eigenvalue weighted by Gasteiger charge is 2.45. The number of aliphatic hydroxyl groups is 2. The number of aliphatic hydroxyl groups excluding tert-OH is 2. The zero-order valence-corrected chi connectivity index (χ0v) is 9.78. The molecule has 86 valence electrons. The first-order valence-corrected chi connectivity index (χ1v) is 6.52. The molecule has 15 heavy (non-hydrogen) atoms. The van der Waals surface area contributed by atoms with Gasteiger partial charge < -0.3 is 15.1 Å². The molecule has 0 aromatic rings. The second-order valence-electron chi connectivity index (χ2n) is 4.11. The first-order valence-electron chi connectivity index (χ1n) is 5.54. The van der Waals surface area contributed by atoms with Crippen LogP contribution in [0.25, 0.3) is 0 Å². The van der Waals surface area contributed by atoms with Gasteiger partial charge in [-0.25, -0.2) is 0 Å². The Labute approximate surface area is 94.4 Å². The SMILES string of the molecule is CCCCN=C1SC[C@H]2[C@H](O)[C@@H](O)CN12. The minimum absolute atomic E-state index is 0.0744. The summed E-state index contributed by atoms with van der Waals surface area (Å²) in [5, 5.41) is 20.2. The Morgan fingerprint density at radius 1 is 1.53 bits per heavy atom. The molecule has 2 aliphatic heterocycles. The Morgan fingerprint density at radius 2 is 2.33 bits per heavy atom. The van der Waals surface area contributed by atoms with Crippen molar-refractivity contribution in [2.45, 2.75) is 38.0 Å². The van der Waals surface area contributed by atoms with Crippen LogP contribution >= 0.6 is 11.8 Å². The van der Waals surface area contributed by atoms with Gasteiger partial charge in [-0.05, 0) is 6.42 Å². The number of thioether (sulfide) groups is 1. The van der Waals surface area contributed by atoms with Crippen LogP contribution in [0.4, 0.5) is 0 Å². The van der Waals surface area contributed by atoms with Gasteiger partial charge in [-0.1, -0.05) is 25.1 Å². The topological polar surface area (TPSA) is 56.1 Å². The average Bonchev–Trinajstić information content (AvgIpc) is 2.72. The van der Waals surface area contributed by atoms with Crippen molar-refractivity contribution in [3.05, 3.63) is 0 Å². The van der Waals surface area contributed by atoms with E-state index in [0.29, 0.717) is 6.54 Å². The van der Waals surface area contributed by atoms with Gasteiger partial charge in [0.1, 0.15) is 6.10 Å². The third-order valence-corrected chi connectivity index (χ3v) is 4.09. The lowest BCUT2D eigenvalue weighted by molar-refractivity contribution is 0.0437. The summed E-state index contributed by atoms with van der Waals surface area (Å²) in [6.45, 7) is 3.53. The van der Waals surface area contributed by atoms with Crippen LogP contribution in [0.2, 0.25) is 0 Å². The third-order valence-electron chi connectivity index (χ3n) is 2.96. The summed E-state index contributed by atoms with van der Waals surface area (Å²) in [5.74, 6) is 0.850. The maximum atomic E-state index is 9.70. The molecule has 0 bridgehead atoms. The molecule has 0 aromatic heterocycles. The second-order valence-corrected chi connectivity index (χ2v) is 5.09. The van der Waals surface area contributed by atoms with Gasteiger partial charge in [0.05, 0.1) is 12.1 Å². The molecule has 2 heterocycles. The molecular formula is C10H18N2O2S. The third kappa shape index (κ3) is 2.14. The van der Waals surface area contributed by atoms with E-state index in [0.717, 1.165) is 30.3 Å². The predicted octanol–water partition coefficient (Wildman–Crippen LogP) is 0.295. The molecule has 0 aliphatic carbocycles. The zero-order valence-electron chi connectivity index (χ0n) is 8.96. The van der Waals surface area contributed by atoms with E-state index in [1.54, 1.807) is 11.8 Å². The monoisotopic (exact) mass is 230 g/mol. The second kappa shape index (κ2) is 4.72. The van der Waals surface area contributed by atoms with Gasteiger partial charge >= 0.3 is 0 Å². The molecule has 0 amide bonds. The van der Waals surface area contributed by atoms with Crippen molar-refractivity contribution in [3.63, 3.8) is 0 Å². The molecule has 0 saturated carbocycles. The number of hydrogen-bond donors (Lipinski definition) is 2. The van der Waals surface area contributed by atoms with Gasteiger partial charge in [0.15, 0.2) is 5.17 Å². The van der Waals surface area contributed by atoms with Crippen molar-refractivity contribution in [2.24, 2.45) is 4.99 Å². The fourth-order valence-corrected chi connectivity index (χ4v) is 3.26. The predicted molar refractivity (Wildman–Crippen MR) is 62.2 cm³/mol. The van der Waals surface area contributed by atoms with E-state index in [4.69, 9.17) is 0 Å². The van der Waals surface area contributed by atoms with E-state index >= 15 is 0 Å².